The highest BCUT2D eigenvalue weighted by Crippen LogP contribution is 2.33. The van der Waals surface area contributed by atoms with Gasteiger partial charge in [-0.05, 0) is 11.6 Å². The Kier molecular flexibility index (Phi) is 5.06. The summed E-state index contributed by atoms with van der Waals surface area (Å²) >= 11 is 0. The molecule has 9 nitrogen and oxygen atoms in total. The molecule has 0 aliphatic carbocycles. The largest absolute Gasteiger partial charge is 0.489 e. The molecular weight excluding hydrogens is 408 g/mol. The van der Waals surface area contributed by atoms with Gasteiger partial charge in [-0.2, -0.15) is 5.10 Å². The van der Waals surface area contributed by atoms with Gasteiger partial charge in [0.05, 0.1) is 22.4 Å². The number of rotatable bonds is 4. The number of amides is 2. The molecule has 0 spiro atoms. The molecule has 1 aromatic heterocycles. The lowest BCUT2D eigenvalue weighted by atomic mass is 10.0. The summed E-state index contributed by atoms with van der Waals surface area (Å²) in [5.41, 5.74) is 4.09. The van der Waals surface area contributed by atoms with Crippen LogP contribution in [0.15, 0.2) is 65.1 Å². The predicted octanol–water partition coefficient (Wildman–Crippen LogP) is 1.91. The lowest BCUT2D eigenvalue weighted by molar-refractivity contribution is -0.124. The van der Waals surface area contributed by atoms with E-state index in [1.165, 1.54) is 4.90 Å². The Labute approximate surface area is 183 Å². The van der Waals surface area contributed by atoms with Crippen LogP contribution in [0.5, 0.6) is 5.75 Å². The van der Waals surface area contributed by atoms with Gasteiger partial charge in [-0.25, -0.2) is 0 Å². The van der Waals surface area contributed by atoms with E-state index in [1.807, 2.05) is 30.3 Å². The Morgan fingerprint density at radius 3 is 2.66 bits per heavy atom. The highest BCUT2D eigenvalue weighted by molar-refractivity contribution is 6.43. The summed E-state index contributed by atoms with van der Waals surface area (Å²) in [7, 11) is 1.64. The first-order chi connectivity index (χ1) is 15.6. The first kappa shape index (κ1) is 19.8. The third-order valence-corrected chi connectivity index (χ3v) is 5.45. The molecule has 2 aliphatic rings. The molecule has 3 aromatic rings. The zero-order valence-electron chi connectivity index (χ0n) is 17.4. The summed E-state index contributed by atoms with van der Waals surface area (Å²) in [4.78, 5) is 35.8. The summed E-state index contributed by atoms with van der Waals surface area (Å²) in [6.07, 6.45) is 4.16. The predicted molar refractivity (Wildman–Crippen MR) is 120 cm³/mol. The lowest BCUT2D eigenvalue weighted by Gasteiger charge is -2.20. The monoisotopic (exact) mass is 428 g/mol. The number of ether oxygens (including phenoxy) is 1. The average Bonchev–Trinajstić information content (AvgIpc) is 3.25. The highest BCUT2D eigenvalue weighted by Gasteiger charge is 2.32. The van der Waals surface area contributed by atoms with Gasteiger partial charge in [-0.3, -0.25) is 19.6 Å². The maximum absolute atomic E-state index is 13.0. The Balaban J connectivity index is 1.26. The van der Waals surface area contributed by atoms with E-state index in [-0.39, 0.29) is 18.2 Å². The number of carbonyl (C=O) groups is 2. The minimum atomic E-state index is -0.857. The van der Waals surface area contributed by atoms with Gasteiger partial charge in [-0.15, -0.1) is 5.10 Å². The second-order valence-corrected chi connectivity index (χ2v) is 7.65. The molecule has 160 valence electrons. The smallest absolute Gasteiger partial charge is 0.268 e. The zero-order chi connectivity index (χ0) is 22.1. The molecule has 2 amide bonds. The lowest BCUT2D eigenvalue weighted by Crippen LogP contribution is -2.51. The minimum absolute atomic E-state index is 0.00130. The highest BCUT2D eigenvalue weighted by atomic mass is 16.5. The third-order valence-electron chi connectivity index (χ3n) is 5.45. The number of hydrogen-bond acceptors (Lipinski definition) is 7. The van der Waals surface area contributed by atoms with Crippen molar-refractivity contribution in [3.05, 3.63) is 60.4 Å². The summed E-state index contributed by atoms with van der Waals surface area (Å²) in [6.45, 7) is -0.00130. The first-order valence-electron chi connectivity index (χ1n) is 10.2. The van der Waals surface area contributed by atoms with Crippen molar-refractivity contribution < 1.29 is 14.3 Å². The number of fused-ring (bicyclic) bond motifs is 2. The summed E-state index contributed by atoms with van der Waals surface area (Å²) in [6, 6.07) is 12.5. The topological polar surface area (TPSA) is 109 Å². The minimum Gasteiger partial charge on any atom is -0.489 e. The van der Waals surface area contributed by atoms with E-state index in [4.69, 9.17) is 4.74 Å². The molecule has 0 unspecified atom stereocenters. The molecule has 1 N–H and O–H groups in total. The number of hydrogen-bond donors (Lipinski definition) is 1. The Morgan fingerprint density at radius 1 is 1.12 bits per heavy atom. The fraction of sp³-hybridized carbons (Fsp3) is 0.217. The normalized spacial score (nSPS) is 17.8. The number of carbonyl (C=O) groups excluding carboxylic acids is 2. The van der Waals surface area contributed by atoms with Crippen molar-refractivity contribution in [2.75, 3.05) is 18.6 Å². The van der Waals surface area contributed by atoms with Crippen LogP contribution in [-0.4, -0.2) is 52.9 Å². The van der Waals surface area contributed by atoms with E-state index in [1.54, 1.807) is 31.6 Å². The second kappa shape index (κ2) is 8.18. The van der Waals surface area contributed by atoms with Crippen molar-refractivity contribution in [3.63, 3.8) is 0 Å². The molecule has 3 heterocycles. The van der Waals surface area contributed by atoms with E-state index in [2.05, 4.69) is 25.5 Å². The molecule has 5 rings (SSSR count). The van der Waals surface area contributed by atoms with Crippen LogP contribution in [0.4, 0.5) is 5.69 Å². The van der Waals surface area contributed by atoms with Gasteiger partial charge in [0.15, 0.2) is 0 Å². The van der Waals surface area contributed by atoms with Crippen LogP contribution < -0.4 is 15.0 Å². The summed E-state index contributed by atoms with van der Waals surface area (Å²) in [5, 5.41) is 10.9. The molecule has 9 heteroatoms. The molecule has 2 aromatic carbocycles. The SMILES string of the molecule is CN1C(=O)[C@@H](NC(=O)C2=NN=C(Cc3ccccc3)C2)COc2cc3nccnc3cc21. The van der Waals surface area contributed by atoms with Crippen molar-refractivity contribution in [1.29, 1.82) is 0 Å². The van der Waals surface area contributed by atoms with E-state index in [9.17, 15) is 9.59 Å². The van der Waals surface area contributed by atoms with E-state index < -0.39 is 11.9 Å². The number of benzene rings is 2. The van der Waals surface area contributed by atoms with Crippen LogP contribution in [0, 0.1) is 0 Å². The van der Waals surface area contributed by atoms with E-state index >= 15 is 0 Å². The fourth-order valence-electron chi connectivity index (χ4n) is 3.75. The standard InChI is InChI=1S/C23H20N6O3/c1-29-20-11-16-17(25-8-7-24-16)12-21(20)32-13-19(23(29)31)26-22(30)18-10-15(27-28-18)9-14-5-3-2-4-6-14/h2-8,11-12,19H,9-10,13H2,1H3,(H,26,30)/t19-/m0/s1. The van der Waals surface area contributed by atoms with Crippen LogP contribution in [0.2, 0.25) is 0 Å². The summed E-state index contributed by atoms with van der Waals surface area (Å²) < 4.78 is 5.86. The van der Waals surface area contributed by atoms with Gasteiger partial charge in [-0.1, -0.05) is 30.3 Å². The van der Waals surface area contributed by atoms with Gasteiger partial charge < -0.3 is 15.0 Å². The van der Waals surface area contributed by atoms with Crippen LogP contribution in [0.25, 0.3) is 11.0 Å². The van der Waals surface area contributed by atoms with Crippen molar-refractivity contribution in [1.82, 2.24) is 15.3 Å². The van der Waals surface area contributed by atoms with Crippen LogP contribution in [0.1, 0.15) is 12.0 Å². The Bertz CT molecular complexity index is 1270. The maximum atomic E-state index is 13.0. The molecule has 1 atom stereocenters. The Hall–Kier alpha value is -4.14. The van der Waals surface area contributed by atoms with Gasteiger partial charge in [0, 0.05) is 38.3 Å². The van der Waals surface area contributed by atoms with Crippen molar-refractivity contribution >= 4 is 40.0 Å². The molecule has 0 saturated carbocycles. The van der Waals surface area contributed by atoms with Gasteiger partial charge in [0.1, 0.15) is 24.1 Å². The van der Waals surface area contributed by atoms with E-state index in [0.29, 0.717) is 35.3 Å². The molecule has 0 bridgehead atoms. The van der Waals surface area contributed by atoms with Crippen molar-refractivity contribution in [3.8, 4) is 5.75 Å². The number of anilines is 1. The number of likely N-dealkylation sites (N-methyl/N-ethyl adjacent to an activating group) is 1. The van der Waals surface area contributed by atoms with Crippen molar-refractivity contribution in [2.45, 2.75) is 18.9 Å². The number of nitrogens with zero attached hydrogens (tertiary/aromatic N) is 5. The molecule has 0 saturated heterocycles. The zero-order valence-corrected chi connectivity index (χ0v) is 17.4. The van der Waals surface area contributed by atoms with Crippen LogP contribution in [-0.2, 0) is 16.0 Å². The van der Waals surface area contributed by atoms with Gasteiger partial charge in [0.2, 0.25) is 0 Å². The van der Waals surface area contributed by atoms with E-state index in [0.717, 1.165) is 11.3 Å². The average molecular weight is 428 g/mol. The maximum Gasteiger partial charge on any atom is 0.268 e. The molecule has 0 fully saturated rings. The molecule has 32 heavy (non-hydrogen) atoms. The Morgan fingerprint density at radius 2 is 1.88 bits per heavy atom. The van der Waals surface area contributed by atoms with Gasteiger partial charge in [0.25, 0.3) is 11.8 Å². The second-order valence-electron chi connectivity index (χ2n) is 7.65. The molecule has 0 radical (unpaired) electrons. The molecule has 2 aliphatic heterocycles. The van der Waals surface area contributed by atoms with Crippen LogP contribution in [0.3, 0.4) is 0 Å². The van der Waals surface area contributed by atoms with Crippen molar-refractivity contribution in [2.24, 2.45) is 10.2 Å². The van der Waals surface area contributed by atoms with Crippen LogP contribution >= 0.6 is 0 Å². The quantitative estimate of drug-likeness (QED) is 0.683. The molecular formula is C23H20N6O3. The third kappa shape index (κ3) is 3.80. The fourth-order valence-corrected chi connectivity index (χ4v) is 3.75. The summed E-state index contributed by atoms with van der Waals surface area (Å²) in [5.74, 6) is -0.201. The number of nitrogens with one attached hydrogen (secondary N) is 1. The first-order valence-corrected chi connectivity index (χ1v) is 10.2. The number of aromatic nitrogens is 2. The van der Waals surface area contributed by atoms with Gasteiger partial charge >= 0.3 is 0 Å².